The number of pyridine rings is 1. The van der Waals surface area contributed by atoms with Crippen LogP contribution in [0.1, 0.15) is 24.5 Å². The fourth-order valence-electron chi connectivity index (χ4n) is 3.80. The molecule has 1 aromatic heterocycles. The van der Waals surface area contributed by atoms with E-state index < -0.39 is 0 Å². The highest BCUT2D eigenvalue weighted by molar-refractivity contribution is 5.87. The summed E-state index contributed by atoms with van der Waals surface area (Å²) < 4.78 is 10.5. The molecule has 1 N–H and O–H groups in total. The maximum Gasteiger partial charge on any atom is 0.306 e. The highest BCUT2D eigenvalue weighted by Crippen LogP contribution is 2.28. The molecule has 0 saturated heterocycles. The normalized spacial score (nSPS) is 10.7. The first-order valence-electron chi connectivity index (χ1n) is 11.2. The Morgan fingerprint density at radius 1 is 0.939 bits per heavy atom. The molecule has 0 radical (unpaired) electrons. The summed E-state index contributed by atoms with van der Waals surface area (Å²) in [7, 11) is 1.64. The Morgan fingerprint density at radius 2 is 1.73 bits per heavy atom. The summed E-state index contributed by atoms with van der Waals surface area (Å²) in [6.45, 7) is 2.82. The Morgan fingerprint density at radius 3 is 2.48 bits per heavy atom. The lowest BCUT2D eigenvalue weighted by atomic mass is 10.0. The molecule has 0 amide bonds. The van der Waals surface area contributed by atoms with Crippen molar-refractivity contribution in [3.05, 3.63) is 90.1 Å². The number of benzene rings is 3. The first-order valence-corrected chi connectivity index (χ1v) is 11.2. The molecule has 168 valence electrons. The maximum absolute atomic E-state index is 11.5. The number of methoxy groups -OCH3 is 1. The van der Waals surface area contributed by atoms with Crippen LogP contribution in [0, 0.1) is 0 Å². The third-order valence-corrected chi connectivity index (χ3v) is 5.56. The Bertz CT molecular complexity index is 1240. The van der Waals surface area contributed by atoms with Crippen LogP contribution in [0.5, 0.6) is 5.88 Å². The smallest absolute Gasteiger partial charge is 0.306 e. The van der Waals surface area contributed by atoms with Gasteiger partial charge in [0.05, 0.1) is 13.7 Å². The highest BCUT2D eigenvalue weighted by Gasteiger charge is 2.09. The van der Waals surface area contributed by atoms with Gasteiger partial charge in [0.25, 0.3) is 0 Å². The van der Waals surface area contributed by atoms with Gasteiger partial charge < -0.3 is 14.8 Å². The average Bonchev–Trinajstić information content (AvgIpc) is 2.86. The van der Waals surface area contributed by atoms with Gasteiger partial charge in [0, 0.05) is 36.0 Å². The van der Waals surface area contributed by atoms with Crippen molar-refractivity contribution < 1.29 is 14.3 Å². The summed E-state index contributed by atoms with van der Waals surface area (Å²) in [4.78, 5) is 16.1. The van der Waals surface area contributed by atoms with Gasteiger partial charge in [-0.1, -0.05) is 48.5 Å². The minimum absolute atomic E-state index is 0.161. The molecule has 5 nitrogen and oxygen atoms in total. The monoisotopic (exact) mass is 440 g/mol. The topological polar surface area (TPSA) is 60.5 Å². The number of nitrogens with zero attached hydrogens (tertiary/aromatic N) is 1. The number of rotatable bonds is 9. The quantitative estimate of drug-likeness (QED) is 0.323. The lowest BCUT2D eigenvalue weighted by Gasteiger charge is -2.13. The molecule has 5 heteroatoms. The molecule has 33 heavy (non-hydrogen) atoms. The number of fused-ring (bicyclic) bond motifs is 1. The molecule has 0 aliphatic carbocycles. The minimum Gasteiger partial charge on any atom is -0.481 e. The Labute approximate surface area is 194 Å². The van der Waals surface area contributed by atoms with Gasteiger partial charge in [0.1, 0.15) is 0 Å². The summed E-state index contributed by atoms with van der Waals surface area (Å²) in [5.74, 6) is 0.448. The fraction of sp³-hybridized carbons (Fsp3) is 0.214. The van der Waals surface area contributed by atoms with Crippen LogP contribution in [0.2, 0.25) is 0 Å². The van der Waals surface area contributed by atoms with Gasteiger partial charge in [-0.15, -0.1) is 0 Å². The Hall–Kier alpha value is -3.86. The van der Waals surface area contributed by atoms with Crippen molar-refractivity contribution in [3.63, 3.8) is 0 Å². The van der Waals surface area contributed by atoms with Crippen LogP contribution in [-0.4, -0.2) is 24.7 Å². The van der Waals surface area contributed by atoms with Crippen LogP contribution in [0.4, 0.5) is 5.69 Å². The molecule has 0 unspecified atom stereocenters. The van der Waals surface area contributed by atoms with E-state index in [4.69, 9.17) is 9.47 Å². The van der Waals surface area contributed by atoms with E-state index >= 15 is 0 Å². The summed E-state index contributed by atoms with van der Waals surface area (Å²) in [6, 6.07) is 25.0. The number of carbonyl (C=O) groups excluding carboxylic acids is 1. The van der Waals surface area contributed by atoms with Gasteiger partial charge in [0.2, 0.25) is 5.88 Å². The third kappa shape index (κ3) is 5.69. The lowest BCUT2D eigenvalue weighted by Crippen LogP contribution is -2.05. The number of hydrogen-bond acceptors (Lipinski definition) is 5. The predicted octanol–water partition coefficient (Wildman–Crippen LogP) is 6.02. The molecule has 0 spiro atoms. The molecule has 0 aliphatic rings. The van der Waals surface area contributed by atoms with Crippen molar-refractivity contribution in [3.8, 4) is 17.0 Å². The van der Waals surface area contributed by atoms with Crippen LogP contribution in [0.25, 0.3) is 21.9 Å². The number of aromatic nitrogens is 1. The van der Waals surface area contributed by atoms with E-state index in [1.54, 1.807) is 7.11 Å². The fourth-order valence-corrected chi connectivity index (χ4v) is 3.80. The third-order valence-electron chi connectivity index (χ3n) is 5.56. The highest BCUT2D eigenvalue weighted by atomic mass is 16.5. The van der Waals surface area contributed by atoms with Gasteiger partial charge in [-0.3, -0.25) is 4.79 Å². The number of esters is 1. The van der Waals surface area contributed by atoms with Crippen molar-refractivity contribution in [2.75, 3.05) is 19.0 Å². The number of ether oxygens (including phenoxy) is 2. The van der Waals surface area contributed by atoms with Crippen molar-refractivity contribution in [1.29, 1.82) is 0 Å². The van der Waals surface area contributed by atoms with E-state index in [0.29, 0.717) is 31.9 Å². The Kier molecular flexibility index (Phi) is 7.20. The Balaban J connectivity index is 1.45. The number of anilines is 1. The number of aryl methyl sites for hydroxylation is 1. The summed E-state index contributed by atoms with van der Waals surface area (Å²) in [6.07, 6.45) is 2.92. The molecule has 1 heterocycles. The second-order valence-electron chi connectivity index (χ2n) is 7.81. The van der Waals surface area contributed by atoms with Crippen molar-refractivity contribution in [2.45, 2.75) is 26.3 Å². The van der Waals surface area contributed by atoms with E-state index in [0.717, 1.165) is 27.9 Å². The van der Waals surface area contributed by atoms with Crippen LogP contribution < -0.4 is 10.1 Å². The second-order valence-corrected chi connectivity index (χ2v) is 7.81. The molecule has 0 fully saturated rings. The number of hydrogen-bond donors (Lipinski definition) is 1. The van der Waals surface area contributed by atoms with Gasteiger partial charge >= 0.3 is 5.97 Å². The van der Waals surface area contributed by atoms with E-state index in [9.17, 15) is 4.79 Å². The molecule has 0 atom stereocenters. The zero-order valence-electron chi connectivity index (χ0n) is 19.0. The van der Waals surface area contributed by atoms with Crippen LogP contribution in [-0.2, 0) is 22.5 Å². The molecule has 0 saturated carbocycles. The number of carbonyl (C=O) groups is 1. The molecular weight excluding hydrogens is 412 g/mol. The van der Waals surface area contributed by atoms with E-state index in [2.05, 4.69) is 52.8 Å². The van der Waals surface area contributed by atoms with Gasteiger partial charge in [-0.25, -0.2) is 4.98 Å². The summed E-state index contributed by atoms with van der Waals surface area (Å²) in [5, 5.41) is 5.86. The van der Waals surface area contributed by atoms with Crippen LogP contribution in [0.3, 0.4) is 0 Å². The van der Waals surface area contributed by atoms with E-state index in [-0.39, 0.29) is 5.97 Å². The maximum atomic E-state index is 11.5. The van der Waals surface area contributed by atoms with Crippen molar-refractivity contribution in [2.24, 2.45) is 0 Å². The van der Waals surface area contributed by atoms with Crippen molar-refractivity contribution >= 4 is 22.4 Å². The lowest BCUT2D eigenvalue weighted by molar-refractivity contribution is -0.143. The SMILES string of the molecule is CCOC(=O)CCc1ccc(NCc2cc(-c3ccc4ccccc4c3)cnc2OC)cc1. The number of nitrogens with one attached hydrogen (secondary N) is 1. The first-order chi connectivity index (χ1) is 16.2. The molecule has 0 bridgehead atoms. The zero-order chi connectivity index (χ0) is 23.0. The second kappa shape index (κ2) is 10.6. The van der Waals surface area contributed by atoms with Crippen LogP contribution >= 0.6 is 0 Å². The minimum atomic E-state index is -0.161. The molecular formula is C28H28N2O3. The average molecular weight is 441 g/mol. The molecule has 0 aliphatic heterocycles. The molecule has 3 aromatic carbocycles. The predicted molar refractivity (Wildman–Crippen MR) is 132 cm³/mol. The largest absolute Gasteiger partial charge is 0.481 e. The zero-order valence-corrected chi connectivity index (χ0v) is 19.0. The standard InChI is InChI=1S/C28H28N2O3/c1-3-33-27(31)15-10-20-8-13-26(14-9-20)29-19-25-17-24(18-30-28(25)32-2)23-12-11-21-6-4-5-7-22(21)16-23/h4-9,11-14,16-18,29H,3,10,15,19H2,1-2H3. The molecule has 4 rings (SSSR count). The van der Waals surface area contributed by atoms with E-state index in [1.165, 1.54) is 10.8 Å². The van der Waals surface area contributed by atoms with Crippen molar-refractivity contribution in [1.82, 2.24) is 4.98 Å². The first kappa shape index (κ1) is 22.3. The van der Waals surface area contributed by atoms with Gasteiger partial charge in [-0.2, -0.15) is 0 Å². The summed E-state index contributed by atoms with van der Waals surface area (Å²) in [5.41, 5.74) is 5.25. The van der Waals surface area contributed by atoms with Gasteiger partial charge in [-0.05, 0) is 59.5 Å². The molecule has 4 aromatic rings. The summed E-state index contributed by atoms with van der Waals surface area (Å²) >= 11 is 0. The van der Waals surface area contributed by atoms with E-state index in [1.807, 2.05) is 43.5 Å². The van der Waals surface area contributed by atoms with Gasteiger partial charge in [0.15, 0.2) is 0 Å². The van der Waals surface area contributed by atoms with Crippen LogP contribution in [0.15, 0.2) is 79.0 Å².